The number of pyridine rings is 1. The minimum atomic E-state index is 0.0165. The van der Waals surface area contributed by atoms with E-state index in [2.05, 4.69) is 20.9 Å². The van der Waals surface area contributed by atoms with Gasteiger partial charge in [0.15, 0.2) is 0 Å². The van der Waals surface area contributed by atoms with Gasteiger partial charge in [0.2, 0.25) is 0 Å². The van der Waals surface area contributed by atoms with Crippen molar-refractivity contribution in [2.75, 3.05) is 0 Å². The maximum absolute atomic E-state index is 7.47. The summed E-state index contributed by atoms with van der Waals surface area (Å²) in [6.07, 6.45) is 1.75. The molecule has 0 aliphatic rings. The molecule has 21 heavy (non-hydrogen) atoms. The first kappa shape index (κ1) is 13.6. The Morgan fingerprint density at radius 1 is 1.14 bits per heavy atom. The second kappa shape index (κ2) is 5.54. The van der Waals surface area contributed by atoms with Crippen molar-refractivity contribution in [1.82, 2.24) is 4.98 Å². The first-order valence-electron chi connectivity index (χ1n) is 6.31. The zero-order chi connectivity index (χ0) is 14.8. The fraction of sp³-hybridized carbons (Fsp3) is 0. The quantitative estimate of drug-likeness (QED) is 0.557. The van der Waals surface area contributed by atoms with Crippen molar-refractivity contribution in [2.24, 2.45) is 5.73 Å². The van der Waals surface area contributed by atoms with Gasteiger partial charge in [-0.1, -0.05) is 6.07 Å². The third-order valence-electron chi connectivity index (χ3n) is 3.06. The van der Waals surface area contributed by atoms with E-state index >= 15 is 0 Å². The molecule has 0 radical (unpaired) electrons. The van der Waals surface area contributed by atoms with Gasteiger partial charge in [-0.3, -0.25) is 10.4 Å². The monoisotopic (exact) mass is 341 g/mol. The maximum Gasteiger partial charge on any atom is 0.136 e. The SMILES string of the molecule is N=C(N)c1ccc(Oc2cccc3ncccc23)cc1Br. The van der Waals surface area contributed by atoms with Gasteiger partial charge in [0.05, 0.1) is 5.52 Å². The van der Waals surface area contributed by atoms with Gasteiger partial charge in [0.1, 0.15) is 17.3 Å². The number of nitrogens with one attached hydrogen (secondary N) is 1. The summed E-state index contributed by atoms with van der Waals surface area (Å²) in [6.45, 7) is 0. The van der Waals surface area contributed by atoms with Crippen LogP contribution in [0.25, 0.3) is 10.9 Å². The fourth-order valence-electron chi connectivity index (χ4n) is 2.07. The lowest BCUT2D eigenvalue weighted by Gasteiger charge is -2.10. The number of nitrogens with two attached hydrogens (primary N) is 1. The van der Waals surface area contributed by atoms with Crippen LogP contribution in [0.5, 0.6) is 11.5 Å². The molecule has 0 aliphatic carbocycles. The van der Waals surface area contributed by atoms with Crippen LogP contribution in [0, 0.1) is 5.41 Å². The molecule has 3 rings (SSSR count). The molecule has 4 nitrogen and oxygen atoms in total. The van der Waals surface area contributed by atoms with E-state index < -0.39 is 0 Å². The number of hydrogen-bond donors (Lipinski definition) is 2. The maximum atomic E-state index is 7.47. The molecule has 0 unspecified atom stereocenters. The van der Waals surface area contributed by atoms with Crippen LogP contribution < -0.4 is 10.5 Å². The van der Waals surface area contributed by atoms with Gasteiger partial charge < -0.3 is 10.5 Å². The average molecular weight is 342 g/mol. The first-order valence-corrected chi connectivity index (χ1v) is 7.10. The highest BCUT2D eigenvalue weighted by Crippen LogP contribution is 2.31. The van der Waals surface area contributed by atoms with Crippen molar-refractivity contribution >= 4 is 32.7 Å². The third kappa shape index (κ3) is 2.73. The second-order valence-electron chi connectivity index (χ2n) is 4.48. The highest BCUT2D eigenvalue weighted by Gasteiger charge is 2.07. The second-order valence-corrected chi connectivity index (χ2v) is 5.34. The first-order chi connectivity index (χ1) is 10.1. The summed E-state index contributed by atoms with van der Waals surface area (Å²) in [6, 6.07) is 14.9. The van der Waals surface area contributed by atoms with Gasteiger partial charge in [0, 0.05) is 21.6 Å². The number of nitrogen functional groups attached to an aromatic ring is 1. The number of hydrogen-bond acceptors (Lipinski definition) is 3. The molecule has 1 heterocycles. The number of fused-ring (bicyclic) bond motifs is 1. The Hall–Kier alpha value is -2.40. The number of amidine groups is 1. The number of halogens is 1. The molecule has 0 saturated heterocycles. The summed E-state index contributed by atoms with van der Waals surface area (Å²) in [5.74, 6) is 1.43. The van der Waals surface area contributed by atoms with Crippen LogP contribution in [0.4, 0.5) is 0 Å². The lowest BCUT2D eigenvalue weighted by atomic mass is 10.2. The Balaban J connectivity index is 1.99. The lowest BCUT2D eigenvalue weighted by Crippen LogP contribution is -2.11. The predicted molar refractivity (Wildman–Crippen MR) is 87.0 cm³/mol. The molecule has 0 bridgehead atoms. The van der Waals surface area contributed by atoms with E-state index in [1.165, 1.54) is 0 Å². The summed E-state index contributed by atoms with van der Waals surface area (Å²) >= 11 is 3.40. The van der Waals surface area contributed by atoms with Gasteiger partial charge in [-0.05, 0) is 58.4 Å². The van der Waals surface area contributed by atoms with E-state index in [-0.39, 0.29) is 5.84 Å². The van der Waals surface area contributed by atoms with E-state index in [9.17, 15) is 0 Å². The molecule has 1 aromatic heterocycles. The van der Waals surface area contributed by atoms with Crippen LogP contribution in [-0.4, -0.2) is 10.8 Å². The summed E-state index contributed by atoms with van der Waals surface area (Å²) in [5.41, 5.74) is 7.02. The molecule has 0 aliphatic heterocycles. The zero-order valence-electron chi connectivity index (χ0n) is 11.0. The lowest BCUT2D eigenvalue weighted by molar-refractivity contribution is 0.488. The molecule has 3 aromatic rings. The Morgan fingerprint density at radius 3 is 2.76 bits per heavy atom. The molecule has 0 atom stereocenters. The summed E-state index contributed by atoms with van der Waals surface area (Å²) in [7, 11) is 0. The molecule has 104 valence electrons. The molecule has 0 amide bonds. The highest BCUT2D eigenvalue weighted by atomic mass is 79.9. The van der Waals surface area contributed by atoms with E-state index in [4.69, 9.17) is 15.9 Å². The summed E-state index contributed by atoms with van der Waals surface area (Å²) in [5, 5.41) is 8.43. The van der Waals surface area contributed by atoms with Crippen LogP contribution in [0.1, 0.15) is 5.56 Å². The normalized spacial score (nSPS) is 10.5. The average Bonchev–Trinajstić information content (AvgIpc) is 2.47. The van der Waals surface area contributed by atoms with Gasteiger partial charge in [-0.25, -0.2) is 0 Å². The Labute approximate surface area is 130 Å². The van der Waals surface area contributed by atoms with Crippen molar-refractivity contribution < 1.29 is 4.74 Å². The predicted octanol–water partition coefficient (Wildman–Crippen LogP) is 4.07. The standard InChI is InChI=1S/C16H12BrN3O/c17-13-9-10(6-7-11(13)16(18)19)21-15-5-1-4-14-12(15)3-2-8-20-14/h1-9H,(H3,18,19). The molecule has 0 fully saturated rings. The molecule has 3 N–H and O–H groups in total. The highest BCUT2D eigenvalue weighted by molar-refractivity contribution is 9.10. The molecule has 0 spiro atoms. The molecular weight excluding hydrogens is 330 g/mol. The van der Waals surface area contributed by atoms with E-state index in [1.54, 1.807) is 24.4 Å². The molecular formula is C16H12BrN3O. The number of rotatable bonds is 3. The van der Waals surface area contributed by atoms with Crippen molar-refractivity contribution in [3.05, 3.63) is 64.8 Å². The smallest absolute Gasteiger partial charge is 0.136 e. The fourth-order valence-corrected chi connectivity index (χ4v) is 2.64. The van der Waals surface area contributed by atoms with Gasteiger partial charge in [-0.2, -0.15) is 0 Å². The van der Waals surface area contributed by atoms with E-state index in [0.29, 0.717) is 11.3 Å². The largest absolute Gasteiger partial charge is 0.457 e. The van der Waals surface area contributed by atoms with Crippen molar-refractivity contribution in [3.8, 4) is 11.5 Å². The van der Waals surface area contributed by atoms with Crippen molar-refractivity contribution in [2.45, 2.75) is 0 Å². The number of aromatic nitrogens is 1. The topological polar surface area (TPSA) is 72.0 Å². The zero-order valence-corrected chi connectivity index (χ0v) is 12.6. The van der Waals surface area contributed by atoms with Gasteiger partial charge >= 0.3 is 0 Å². The van der Waals surface area contributed by atoms with Gasteiger partial charge in [0.25, 0.3) is 0 Å². The van der Waals surface area contributed by atoms with Gasteiger partial charge in [-0.15, -0.1) is 0 Å². The van der Waals surface area contributed by atoms with Crippen LogP contribution in [0.2, 0.25) is 0 Å². The van der Waals surface area contributed by atoms with Crippen LogP contribution in [0.3, 0.4) is 0 Å². The molecule has 0 saturated carbocycles. The Bertz CT molecular complexity index is 827. The Kier molecular flexibility index (Phi) is 3.58. The number of benzene rings is 2. The van der Waals surface area contributed by atoms with Crippen LogP contribution in [0.15, 0.2) is 59.2 Å². The van der Waals surface area contributed by atoms with Crippen molar-refractivity contribution in [3.63, 3.8) is 0 Å². The minimum Gasteiger partial charge on any atom is -0.457 e. The van der Waals surface area contributed by atoms with Crippen LogP contribution in [-0.2, 0) is 0 Å². The minimum absolute atomic E-state index is 0.0165. The number of nitrogens with zero attached hydrogens (tertiary/aromatic N) is 1. The molecule has 5 heteroatoms. The van der Waals surface area contributed by atoms with E-state index in [0.717, 1.165) is 21.1 Å². The third-order valence-corrected chi connectivity index (χ3v) is 3.72. The molecule has 2 aromatic carbocycles. The number of ether oxygens (including phenoxy) is 1. The summed E-state index contributed by atoms with van der Waals surface area (Å²) < 4.78 is 6.65. The van der Waals surface area contributed by atoms with E-state index in [1.807, 2.05) is 30.3 Å². The van der Waals surface area contributed by atoms with Crippen molar-refractivity contribution in [1.29, 1.82) is 5.41 Å². The van der Waals surface area contributed by atoms with Crippen LogP contribution >= 0.6 is 15.9 Å². The Morgan fingerprint density at radius 2 is 2.00 bits per heavy atom. The summed E-state index contributed by atoms with van der Waals surface area (Å²) in [4.78, 5) is 4.30.